The van der Waals surface area contributed by atoms with Crippen molar-refractivity contribution in [1.29, 1.82) is 0 Å². The Morgan fingerprint density at radius 1 is 1.20 bits per heavy atom. The number of fused-ring (bicyclic) bond motifs is 1. The summed E-state index contributed by atoms with van der Waals surface area (Å²) in [5.41, 5.74) is 0. The maximum Gasteiger partial charge on any atom is 0.474 e. The minimum absolute atomic E-state index is 0.838. The van der Waals surface area contributed by atoms with E-state index in [0.717, 1.165) is 10.7 Å². The fourth-order valence-electron chi connectivity index (χ4n) is 0.834. The van der Waals surface area contributed by atoms with Crippen LogP contribution in [0.3, 0.4) is 0 Å². The molecule has 3 heteroatoms. The molecule has 0 saturated carbocycles. The van der Waals surface area contributed by atoms with Gasteiger partial charge in [-0.1, -0.05) is 12.1 Å². The lowest BCUT2D eigenvalue weighted by Crippen LogP contribution is -2.28. The van der Waals surface area contributed by atoms with E-state index in [1.807, 2.05) is 24.3 Å². The van der Waals surface area contributed by atoms with Crippen molar-refractivity contribution in [3.63, 3.8) is 0 Å². The fraction of sp³-hybridized carbons (Fsp3) is 0. The smallest absolute Gasteiger partial charge is 0.0573 e. The van der Waals surface area contributed by atoms with Crippen LogP contribution in [0.1, 0.15) is 0 Å². The van der Waals surface area contributed by atoms with Crippen molar-refractivity contribution in [1.82, 2.24) is 0 Å². The van der Waals surface area contributed by atoms with Gasteiger partial charge >= 0.3 is 11.7 Å². The van der Waals surface area contributed by atoms with Crippen molar-refractivity contribution in [3.05, 3.63) is 35.0 Å². The Kier molecular flexibility index (Phi) is 0.984. The highest BCUT2D eigenvalue weighted by atomic mass is 15.0. The highest BCUT2D eigenvalue weighted by Crippen LogP contribution is 1.68. The van der Waals surface area contributed by atoms with Gasteiger partial charge in [-0.25, -0.2) is 0 Å². The second kappa shape index (κ2) is 1.92. The first-order chi connectivity index (χ1) is 4.97. The predicted molar refractivity (Wildman–Crippen MR) is 32.9 cm³/mol. The molecule has 0 atom stereocenters. The van der Waals surface area contributed by atoms with Gasteiger partial charge in [0.1, 0.15) is 0 Å². The van der Waals surface area contributed by atoms with Crippen LogP contribution in [0.2, 0.25) is 0 Å². The molecular formula is C7H5N3+2. The molecule has 1 heterocycles. The zero-order chi connectivity index (χ0) is 6.81. The Hall–Kier alpha value is -1.69. The molecule has 0 bridgehead atoms. The van der Waals surface area contributed by atoms with E-state index in [1.54, 1.807) is 0 Å². The van der Waals surface area contributed by atoms with E-state index >= 15 is 0 Å². The second-order valence-electron chi connectivity index (χ2n) is 1.95. The molecular weight excluding hydrogens is 126 g/mol. The van der Waals surface area contributed by atoms with Gasteiger partial charge in [-0.15, -0.1) is 0 Å². The van der Waals surface area contributed by atoms with Gasteiger partial charge in [0.15, 0.2) is 4.79 Å². The maximum atomic E-state index is 4.01. The van der Waals surface area contributed by atoms with E-state index in [9.17, 15) is 0 Å². The van der Waals surface area contributed by atoms with Crippen LogP contribution in [0.5, 0.6) is 0 Å². The molecule has 1 aliphatic heterocycles. The molecule has 0 aromatic heterocycles. The third kappa shape index (κ3) is 0.669. The van der Waals surface area contributed by atoms with Crippen molar-refractivity contribution in [2.45, 2.75) is 0 Å². The maximum absolute atomic E-state index is 4.01. The Bertz CT molecular complexity index is 434. The van der Waals surface area contributed by atoms with Crippen LogP contribution in [0.4, 0.5) is 0 Å². The zero-order valence-electron chi connectivity index (χ0n) is 5.23. The van der Waals surface area contributed by atoms with E-state index in [-0.39, 0.29) is 0 Å². The molecule has 0 spiro atoms. The average Bonchev–Trinajstić information content (AvgIpc) is 2.05. The van der Waals surface area contributed by atoms with E-state index < -0.39 is 0 Å². The molecule has 2 rings (SSSR count). The number of nitrogens with zero attached hydrogens (tertiary/aromatic N) is 3. The fourth-order valence-corrected chi connectivity index (χ4v) is 0.834. The summed E-state index contributed by atoms with van der Waals surface area (Å²) >= 11 is 0. The highest BCUT2D eigenvalue weighted by molar-refractivity contribution is 5.47. The summed E-state index contributed by atoms with van der Waals surface area (Å²) in [5.74, 6) is 0. The summed E-state index contributed by atoms with van der Waals surface area (Å²) in [5, 5.41) is 1.72. The summed E-state index contributed by atoms with van der Waals surface area (Å²) in [7, 11) is 0. The molecule has 0 saturated heterocycles. The molecule has 0 aliphatic carbocycles. The van der Waals surface area contributed by atoms with E-state index in [1.165, 1.54) is 6.34 Å². The number of hydrogen-bond donors (Lipinski definition) is 0. The van der Waals surface area contributed by atoms with Crippen molar-refractivity contribution < 1.29 is 9.58 Å². The standard InChI is InChI=1S/C7H5N3/c1-2-4-7-6(3-1)8-5-9-10-7/h1-5H/q+2. The molecule has 1 aromatic rings. The molecule has 1 aromatic carbocycles. The molecule has 46 valence electrons. The largest absolute Gasteiger partial charge is 0.474 e. The van der Waals surface area contributed by atoms with E-state index in [4.69, 9.17) is 0 Å². The lowest BCUT2D eigenvalue weighted by Gasteiger charge is -1.67. The minimum Gasteiger partial charge on any atom is -0.0573 e. The van der Waals surface area contributed by atoms with Gasteiger partial charge in [0.25, 0.3) is 5.36 Å². The predicted octanol–water partition coefficient (Wildman–Crippen LogP) is -1.16. The molecule has 0 radical (unpaired) electrons. The van der Waals surface area contributed by atoms with Crippen LogP contribution < -0.4 is 10.7 Å². The summed E-state index contributed by atoms with van der Waals surface area (Å²) in [6.45, 7) is 0. The van der Waals surface area contributed by atoms with Gasteiger partial charge in [-0.3, -0.25) is 0 Å². The van der Waals surface area contributed by atoms with Gasteiger partial charge in [-0.2, -0.15) is 0 Å². The molecule has 0 fully saturated rings. The second-order valence-corrected chi connectivity index (χ2v) is 1.95. The van der Waals surface area contributed by atoms with Crippen molar-refractivity contribution >= 4 is 6.34 Å². The zero-order valence-corrected chi connectivity index (χ0v) is 5.23. The van der Waals surface area contributed by atoms with Crippen LogP contribution >= 0.6 is 0 Å². The number of para-hydroxylation sites is 1. The van der Waals surface area contributed by atoms with Gasteiger partial charge in [0.2, 0.25) is 4.79 Å². The van der Waals surface area contributed by atoms with Gasteiger partial charge in [-0.05, 0) is 11.1 Å². The van der Waals surface area contributed by atoms with Crippen LogP contribution in [0.25, 0.3) is 0 Å². The summed E-state index contributed by atoms with van der Waals surface area (Å²) in [6.07, 6.45) is 1.45. The Labute approximate surface area is 56.8 Å². The minimum atomic E-state index is 0.838. The quantitative estimate of drug-likeness (QED) is 0.398. The summed E-state index contributed by atoms with van der Waals surface area (Å²) in [4.78, 5) is 11.5. The Morgan fingerprint density at radius 3 is 3.00 bits per heavy atom. The van der Waals surface area contributed by atoms with Gasteiger partial charge in [0, 0.05) is 6.07 Å². The Balaban J connectivity index is 3.13. The summed E-state index contributed by atoms with van der Waals surface area (Å²) in [6, 6.07) is 7.63. The van der Waals surface area contributed by atoms with Crippen LogP contribution in [-0.2, 0) is 0 Å². The molecule has 10 heavy (non-hydrogen) atoms. The monoisotopic (exact) mass is 131 g/mol. The molecule has 0 N–H and O–H groups in total. The Morgan fingerprint density at radius 2 is 2.10 bits per heavy atom. The number of rotatable bonds is 0. The van der Waals surface area contributed by atoms with Crippen molar-refractivity contribution in [2.24, 2.45) is 4.99 Å². The highest BCUT2D eigenvalue weighted by Gasteiger charge is 2.05. The molecule has 3 nitrogen and oxygen atoms in total. The first-order valence-electron chi connectivity index (χ1n) is 2.99. The molecule has 0 amide bonds. The lowest BCUT2D eigenvalue weighted by atomic mass is 10.3. The number of benzene rings is 1. The third-order valence-corrected chi connectivity index (χ3v) is 1.30. The summed E-state index contributed by atoms with van der Waals surface area (Å²) < 4.78 is 0. The van der Waals surface area contributed by atoms with Gasteiger partial charge in [0.05, 0.1) is 0 Å². The van der Waals surface area contributed by atoms with E-state index in [0.29, 0.717) is 0 Å². The van der Waals surface area contributed by atoms with E-state index in [2.05, 4.69) is 14.6 Å². The normalized spacial score (nSPS) is 11.6. The topological polar surface area (TPSA) is 40.6 Å². The average molecular weight is 131 g/mol. The first kappa shape index (κ1) is 5.12. The van der Waals surface area contributed by atoms with Crippen LogP contribution in [0.15, 0.2) is 29.3 Å². The number of hydrogen-bond acceptors (Lipinski definition) is 1. The van der Waals surface area contributed by atoms with Crippen molar-refractivity contribution in [2.75, 3.05) is 0 Å². The first-order valence-corrected chi connectivity index (χ1v) is 2.99. The van der Waals surface area contributed by atoms with Crippen LogP contribution in [-0.4, -0.2) is 15.9 Å². The molecule has 1 aliphatic rings. The molecule has 0 unspecified atom stereocenters. The van der Waals surface area contributed by atoms with Gasteiger partial charge < -0.3 is 0 Å². The van der Waals surface area contributed by atoms with Crippen molar-refractivity contribution in [3.8, 4) is 0 Å². The van der Waals surface area contributed by atoms with Crippen LogP contribution in [0, 0.1) is 0 Å². The SMILES string of the molecule is C1=[N+]=[N+]=c2ccccc2=N1. The lowest BCUT2D eigenvalue weighted by molar-refractivity contribution is -0.571. The third-order valence-electron chi connectivity index (χ3n) is 1.30.